The molecular formula is C20H20N4O2. The molecule has 0 fully saturated rings. The fourth-order valence-corrected chi connectivity index (χ4v) is 3.50. The number of nitro benzene ring substituents is 1. The molecule has 0 bridgehead atoms. The molecule has 6 nitrogen and oxygen atoms in total. The summed E-state index contributed by atoms with van der Waals surface area (Å²) in [6.45, 7) is 2.89. The molecule has 26 heavy (non-hydrogen) atoms. The third kappa shape index (κ3) is 2.83. The maximum Gasteiger partial charge on any atom is 0.294 e. The molecule has 0 aliphatic carbocycles. The number of rotatable bonds is 3. The van der Waals surface area contributed by atoms with Gasteiger partial charge in [-0.25, -0.2) is 4.68 Å². The van der Waals surface area contributed by atoms with Crippen LogP contribution in [0.25, 0.3) is 16.9 Å². The van der Waals surface area contributed by atoms with Gasteiger partial charge >= 0.3 is 0 Å². The second-order valence-electron chi connectivity index (χ2n) is 6.59. The van der Waals surface area contributed by atoms with Gasteiger partial charge in [0.05, 0.1) is 10.6 Å². The Morgan fingerprint density at radius 2 is 2.00 bits per heavy atom. The molecule has 132 valence electrons. The number of nitro groups is 1. The summed E-state index contributed by atoms with van der Waals surface area (Å²) >= 11 is 0. The fourth-order valence-electron chi connectivity index (χ4n) is 3.50. The molecule has 3 aromatic rings. The van der Waals surface area contributed by atoms with Crippen molar-refractivity contribution < 1.29 is 4.92 Å². The first kappa shape index (κ1) is 16.3. The number of aryl methyl sites for hydroxylation is 1. The van der Waals surface area contributed by atoms with Gasteiger partial charge in [0, 0.05) is 23.7 Å². The van der Waals surface area contributed by atoms with Gasteiger partial charge in [-0.1, -0.05) is 35.9 Å². The Bertz CT molecular complexity index is 978. The van der Waals surface area contributed by atoms with E-state index in [-0.39, 0.29) is 10.6 Å². The number of hydrogen-bond acceptors (Lipinski definition) is 4. The lowest BCUT2D eigenvalue weighted by Crippen LogP contribution is -2.08. The van der Waals surface area contributed by atoms with Crippen LogP contribution in [0.3, 0.4) is 0 Å². The molecule has 0 unspecified atom stereocenters. The Morgan fingerprint density at radius 1 is 1.15 bits per heavy atom. The first-order valence-electron chi connectivity index (χ1n) is 8.82. The number of anilines is 1. The Morgan fingerprint density at radius 3 is 2.81 bits per heavy atom. The number of nitrogens with one attached hydrogen (secondary N) is 1. The van der Waals surface area contributed by atoms with Crippen LogP contribution in [-0.4, -0.2) is 21.2 Å². The van der Waals surface area contributed by atoms with Crippen LogP contribution in [0.5, 0.6) is 0 Å². The van der Waals surface area contributed by atoms with Gasteiger partial charge in [-0.3, -0.25) is 10.1 Å². The lowest BCUT2D eigenvalue weighted by Gasteiger charge is -2.09. The predicted molar refractivity (Wildman–Crippen MR) is 102 cm³/mol. The van der Waals surface area contributed by atoms with Crippen molar-refractivity contribution in [3.63, 3.8) is 0 Å². The molecule has 1 aromatic heterocycles. The summed E-state index contributed by atoms with van der Waals surface area (Å²) in [4.78, 5) is 11.1. The third-order valence-electron chi connectivity index (χ3n) is 4.73. The molecule has 0 spiro atoms. The maximum atomic E-state index is 11.5. The van der Waals surface area contributed by atoms with Crippen LogP contribution in [0.15, 0.2) is 48.5 Å². The molecule has 1 aliphatic rings. The van der Waals surface area contributed by atoms with Crippen molar-refractivity contribution in [1.29, 1.82) is 0 Å². The van der Waals surface area contributed by atoms with E-state index >= 15 is 0 Å². The summed E-state index contributed by atoms with van der Waals surface area (Å²) in [5.74, 6) is 0.869. The molecule has 2 aromatic carbocycles. The Hall–Kier alpha value is -3.15. The van der Waals surface area contributed by atoms with Crippen molar-refractivity contribution in [2.45, 2.75) is 26.2 Å². The monoisotopic (exact) mass is 348 g/mol. The summed E-state index contributed by atoms with van der Waals surface area (Å²) in [6.07, 6.45) is 3.05. The quantitative estimate of drug-likeness (QED) is 0.558. The largest absolute Gasteiger partial charge is 0.370 e. The summed E-state index contributed by atoms with van der Waals surface area (Å²) in [6, 6.07) is 15.0. The molecule has 1 N–H and O–H groups in total. The van der Waals surface area contributed by atoms with E-state index in [0.29, 0.717) is 5.69 Å². The van der Waals surface area contributed by atoms with Gasteiger partial charge in [0.25, 0.3) is 5.69 Å². The van der Waals surface area contributed by atoms with E-state index in [1.807, 2.05) is 12.1 Å². The molecular weight excluding hydrogens is 328 g/mol. The van der Waals surface area contributed by atoms with E-state index in [0.717, 1.165) is 54.0 Å². The van der Waals surface area contributed by atoms with Gasteiger partial charge in [0.1, 0.15) is 11.5 Å². The van der Waals surface area contributed by atoms with E-state index < -0.39 is 0 Å². The van der Waals surface area contributed by atoms with Crippen molar-refractivity contribution in [1.82, 2.24) is 9.78 Å². The standard InChI is InChI=1S/C20H20N4O2/c1-14-7-6-8-15(13-14)19-16-9-4-5-12-21-20(16)23(22-19)17-10-2-3-11-18(17)24(25)26/h2-3,6-8,10-11,13,21H,4-5,9,12H2,1H3. The average molecular weight is 348 g/mol. The molecule has 0 radical (unpaired) electrons. The second kappa shape index (κ2) is 6.63. The number of para-hydroxylation sites is 2. The minimum Gasteiger partial charge on any atom is -0.370 e. The zero-order valence-electron chi connectivity index (χ0n) is 14.6. The smallest absolute Gasteiger partial charge is 0.294 e. The molecule has 0 amide bonds. The highest BCUT2D eigenvalue weighted by molar-refractivity contribution is 5.72. The van der Waals surface area contributed by atoms with Gasteiger partial charge in [-0.15, -0.1) is 0 Å². The van der Waals surface area contributed by atoms with Gasteiger partial charge in [-0.2, -0.15) is 5.10 Å². The molecule has 0 saturated heterocycles. The van der Waals surface area contributed by atoms with Crippen LogP contribution in [-0.2, 0) is 6.42 Å². The molecule has 0 atom stereocenters. The third-order valence-corrected chi connectivity index (χ3v) is 4.73. The first-order valence-corrected chi connectivity index (χ1v) is 8.82. The van der Waals surface area contributed by atoms with Crippen molar-refractivity contribution in [2.75, 3.05) is 11.9 Å². The molecule has 6 heteroatoms. The van der Waals surface area contributed by atoms with E-state index in [9.17, 15) is 10.1 Å². The Kier molecular flexibility index (Phi) is 4.16. The van der Waals surface area contributed by atoms with Crippen molar-refractivity contribution in [3.05, 3.63) is 69.8 Å². The molecule has 2 heterocycles. The van der Waals surface area contributed by atoms with E-state index in [1.54, 1.807) is 22.9 Å². The lowest BCUT2D eigenvalue weighted by molar-refractivity contribution is -0.384. The molecule has 0 saturated carbocycles. The highest BCUT2D eigenvalue weighted by atomic mass is 16.6. The fraction of sp³-hybridized carbons (Fsp3) is 0.250. The van der Waals surface area contributed by atoms with Gasteiger partial charge in [-0.05, 0) is 38.3 Å². The topological polar surface area (TPSA) is 73.0 Å². The first-order chi connectivity index (χ1) is 12.6. The van der Waals surface area contributed by atoms with Crippen LogP contribution < -0.4 is 5.32 Å². The molecule has 1 aliphatic heterocycles. The van der Waals surface area contributed by atoms with Crippen LogP contribution in [0, 0.1) is 17.0 Å². The maximum absolute atomic E-state index is 11.5. The van der Waals surface area contributed by atoms with Gasteiger partial charge in [0.15, 0.2) is 0 Å². The number of nitrogens with zero attached hydrogens (tertiary/aromatic N) is 3. The lowest BCUT2D eigenvalue weighted by atomic mass is 10.0. The van der Waals surface area contributed by atoms with Crippen molar-refractivity contribution in [2.24, 2.45) is 0 Å². The molecule has 4 rings (SSSR count). The Labute approximate surface area is 151 Å². The van der Waals surface area contributed by atoms with Crippen molar-refractivity contribution >= 4 is 11.5 Å². The summed E-state index contributed by atoms with van der Waals surface area (Å²) < 4.78 is 1.70. The van der Waals surface area contributed by atoms with Crippen LogP contribution in [0.1, 0.15) is 24.0 Å². The number of hydrogen-bond donors (Lipinski definition) is 1. The second-order valence-corrected chi connectivity index (χ2v) is 6.59. The minimum absolute atomic E-state index is 0.0552. The highest BCUT2D eigenvalue weighted by Crippen LogP contribution is 2.36. The Balaban J connectivity index is 1.96. The minimum atomic E-state index is -0.355. The summed E-state index contributed by atoms with van der Waals surface area (Å²) in [5, 5.41) is 19.7. The van der Waals surface area contributed by atoms with Crippen LogP contribution >= 0.6 is 0 Å². The van der Waals surface area contributed by atoms with Crippen LogP contribution in [0.2, 0.25) is 0 Å². The normalized spacial score (nSPS) is 13.6. The van der Waals surface area contributed by atoms with Crippen LogP contribution in [0.4, 0.5) is 11.5 Å². The average Bonchev–Trinajstić information content (AvgIpc) is 2.82. The zero-order valence-corrected chi connectivity index (χ0v) is 14.6. The SMILES string of the molecule is Cc1cccc(-c2nn(-c3ccccc3[N+](=O)[O-])c3c2CCCCN3)c1. The number of aromatic nitrogens is 2. The van der Waals surface area contributed by atoms with Gasteiger partial charge in [0.2, 0.25) is 0 Å². The van der Waals surface area contributed by atoms with E-state index in [1.165, 1.54) is 6.07 Å². The number of fused-ring (bicyclic) bond motifs is 1. The summed E-state index contributed by atoms with van der Waals surface area (Å²) in [5.41, 5.74) is 4.78. The van der Waals surface area contributed by atoms with Crippen molar-refractivity contribution in [3.8, 4) is 16.9 Å². The number of benzene rings is 2. The van der Waals surface area contributed by atoms with E-state index in [2.05, 4.69) is 24.4 Å². The van der Waals surface area contributed by atoms with E-state index in [4.69, 9.17) is 5.10 Å². The predicted octanol–water partition coefficient (Wildman–Crippen LogP) is 4.50. The summed E-state index contributed by atoms with van der Waals surface area (Å²) in [7, 11) is 0. The van der Waals surface area contributed by atoms with Gasteiger partial charge < -0.3 is 5.32 Å². The highest BCUT2D eigenvalue weighted by Gasteiger charge is 2.25. The zero-order chi connectivity index (χ0) is 18.1.